The van der Waals surface area contributed by atoms with Crippen LogP contribution in [0.25, 0.3) is 23.3 Å². The number of aryl methyl sites for hydroxylation is 3. The molecule has 0 aliphatic heterocycles. The zero-order chi connectivity index (χ0) is 26.9. The van der Waals surface area contributed by atoms with Gasteiger partial charge in [-0.3, -0.25) is 0 Å². The van der Waals surface area contributed by atoms with Crippen molar-refractivity contribution in [3.05, 3.63) is 105 Å². The van der Waals surface area contributed by atoms with E-state index in [4.69, 9.17) is 17.0 Å². The number of hydrogen-bond donors (Lipinski definition) is 0. The molecule has 0 fully saturated rings. The molecule has 0 radical (unpaired) electrons. The molecule has 2 atom stereocenters. The summed E-state index contributed by atoms with van der Waals surface area (Å²) in [5, 5.41) is 0. The van der Waals surface area contributed by atoms with E-state index >= 15 is 0 Å². The fourth-order valence-electron chi connectivity index (χ4n) is 7.27. The molecule has 193 valence electrons. The molecule has 0 N–H and O–H groups in total. The van der Waals surface area contributed by atoms with Crippen molar-refractivity contribution in [3.8, 4) is 11.1 Å². The van der Waals surface area contributed by atoms with E-state index < -0.39 is 21.5 Å². The Morgan fingerprint density at radius 2 is 1.49 bits per heavy atom. The Balaban J connectivity index is 1.83. The molecule has 4 heteroatoms. The van der Waals surface area contributed by atoms with Crippen LogP contribution >= 0.6 is 17.0 Å². The van der Waals surface area contributed by atoms with Crippen molar-refractivity contribution >= 4 is 35.1 Å². The van der Waals surface area contributed by atoms with Crippen LogP contribution in [0.1, 0.15) is 67.0 Å². The van der Waals surface area contributed by atoms with Crippen LogP contribution in [0.3, 0.4) is 0 Å². The molecule has 0 spiro atoms. The summed E-state index contributed by atoms with van der Waals surface area (Å²) in [6.45, 7) is 18.5. The third kappa shape index (κ3) is 4.09. The SMILES string of the molecule is CC1=Cc2c(-c3ccccc3)c(C)cc(C)c2[CH]1[Zr]([Cl])([Cl])([CH]1C(C(C)C)=Cc2ccc(C)cc21)[SiH](C)C. The second kappa shape index (κ2) is 9.48. The third-order valence-electron chi connectivity index (χ3n) is 9.07. The molecule has 2 aliphatic rings. The molecule has 0 saturated heterocycles. The number of allylic oxidation sites excluding steroid dienone is 2. The molecule has 0 heterocycles. The maximum absolute atomic E-state index is 8.45. The van der Waals surface area contributed by atoms with E-state index in [1.54, 1.807) is 0 Å². The summed E-state index contributed by atoms with van der Waals surface area (Å²) in [6.07, 6.45) is 4.85. The second-order valence-electron chi connectivity index (χ2n) is 12.1. The van der Waals surface area contributed by atoms with Gasteiger partial charge in [-0.2, -0.15) is 0 Å². The summed E-state index contributed by atoms with van der Waals surface area (Å²) in [7, 11) is 16.9. The standard InChI is InChI=1S/C18H17.C13H15.C2H7Si.2ClH.Zr/c1-12-9-16-13(2)11-14(3)18(17(16)10-12)15-7-5-4-6-8-15;1-9(2)12-7-11-5-4-10(3)6-13(11)8-12;1-3-2;;;/h4-11H,1-3H3;4-9H,1-3H3;3H,1-2H3;2*1H;/q;;;;;+2/p-2. The molecular weight excluding hydrogens is 587 g/mol. The second-order valence-corrected chi connectivity index (χ2v) is 54.7. The average Bonchev–Trinajstić information content (AvgIpc) is 3.39. The van der Waals surface area contributed by atoms with E-state index in [1.165, 1.54) is 61.2 Å². The van der Waals surface area contributed by atoms with Crippen LogP contribution in [-0.4, -0.2) is 5.92 Å². The van der Waals surface area contributed by atoms with Crippen molar-refractivity contribution in [2.45, 2.75) is 61.9 Å². The van der Waals surface area contributed by atoms with E-state index in [0.717, 1.165) is 0 Å². The van der Waals surface area contributed by atoms with Gasteiger partial charge in [-0.25, -0.2) is 0 Å². The van der Waals surface area contributed by atoms with Crippen molar-refractivity contribution < 1.29 is 15.6 Å². The summed E-state index contributed by atoms with van der Waals surface area (Å²) < 4.78 is 0.291. The Morgan fingerprint density at radius 1 is 0.811 bits per heavy atom. The summed E-state index contributed by atoms with van der Waals surface area (Å²) >= 11 is -4.66. The average molecular weight is 626 g/mol. The van der Waals surface area contributed by atoms with Crippen LogP contribution in [0.5, 0.6) is 0 Å². The Labute approximate surface area is 232 Å². The van der Waals surface area contributed by atoms with E-state index in [1.807, 2.05) is 0 Å². The van der Waals surface area contributed by atoms with Crippen LogP contribution in [0.15, 0.2) is 65.7 Å². The first kappa shape index (κ1) is 27.4. The van der Waals surface area contributed by atoms with Gasteiger partial charge in [0, 0.05) is 0 Å². The number of hydrogen-bond acceptors (Lipinski definition) is 0. The first-order valence-electron chi connectivity index (χ1n) is 13.6. The van der Waals surface area contributed by atoms with Gasteiger partial charge in [0.05, 0.1) is 0 Å². The quantitative estimate of drug-likeness (QED) is 0.248. The predicted octanol–water partition coefficient (Wildman–Crippen LogP) is 10.5. The number of benzene rings is 3. The van der Waals surface area contributed by atoms with E-state index in [2.05, 4.69) is 121 Å². The van der Waals surface area contributed by atoms with Crippen molar-refractivity contribution in [1.29, 1.82) is 0 Å². The van der Waals surface area contributed by atoms with Gasteiger partial charge in [0.1, 0.15) is 0 Å². The van der Waals surface area contributed by atoms with Gasteiger partial charge in [0.25, 0.3) is 0 Å². The molecule has 0 nitrogen and oxygen atoms in total. The molecule has 2 aliphatic carbocycles. The third-order valence-corrected chi connectivity index (χ3v) is 61.0. The first-order valence-corrected chi connectivity index (χ1v) is 29.9. The minimum absolute atomic E-state index is 0.133. The topological polar surface area (TPSA) is 0 Å². The Bertz CT molecular complexity index is 1460. The molecule has 3 aromatic carbocycles. The van der Waals surface area contributed by atoms with E-state index in [-0.39, 0.29) is 7.25 Å². The molecule has 0 amide bonds. The van der Waals surface area contributed by atoms with Crippen LogP contribution < -0.4 is 0 Å². The van der Waals surface area contributed by atoms with Gasteiger partial charge in [0.2, 0.25) is 0 Å². The molecule has 0 aromatic heterocycles. The number of fused-ring (bicyclic) bond motifs is 2. The van der Waals surface area contributed by atoms with Crippen LogP contribution in [0.4, 0.5) is 0 Å². The molecule has 3 aromatic rings. The fourth-order valence-corrected chi connectivity index (χ4v) is 39.5. The van der Waals surface area contributed by atoms with Crippen LogP contribution in [0, 0.1) is 26.7 Å². The normalized spacial score (nSPS) is 19.9. The van der Waals surface area contributed by atoms with Crippen LogP contribution in [-0.2, 0) is 15.6 Å². The number of halogens is 2. The van der Waals surface area contributed by atoms with E-state index in [9.17, 15) is 0 Å². The predicted molar refractivity (Wildman–Crippen MR) is 165 cm³/mol. The summed E-state index contributed by atoms with van der Waals surface area (Å²) in [6, 6.07) is 20.1. The summed E-state index contributed by atoms with van der Waals surface area (Å²) in [5.74, 6) is -1.13. The minimum atomic E-state index is -4.66. The monoisotopic (exact) mass is 623 g/mol. The van der Waals surface area contributed by atoms with Gasteiger partial charge in [-0.15, -0.1) is 0 Å². The molecular formula is C33H39Cl2SiZr. The van der Waals surface area contributed by atoms with Gasteiger partial charge >= 0.3 is 234 Å². The fraction of sp³-hybridized carbons (Fsp3) is 0.333. The Morgan fingerprint density at radius 3 is 2.11 bits per heavy atom. The molecule has 37 heavy (non-hydrogen) atoms. The van der Waals surface area contributed by atoms with Gasteiger partial charge < -0.3 is 0 Å². The first-order chi connectivity index (χ1) is 17.4. The molecule has 0 bridgehead atoms. The summed E-state index contributed by atoms with van der Waals surface area (Å²) in [4.78, 5) is 0. The van der Waals surface area contributed by atoms with Gasteiger partial charge in [0.15, 0.2) is 0 Å². The molecule has 0 saturated carbocycles. The van der Waals surface area contributed by atoms with Gasteiger partial charge in [-0.1, -0.05) is 0 Å². The van der Waals surface area contributed by atoms with Crippen molar-refractivity contribution in [1.82, 2.24) is 0 Å². The number of rotatable bonds is 5. The Kier molecular flexibility index (Phi) is 7.02. The maximum atomic E-state index is 8.45. The van der Waals surface area contributed by atoms with Gasteiger partial charge in [-0.05, 0) is 0 Å². The Hall–Kier alpha value is -1.18. The molecule has 5 rings (SSSR count). The van der Waals surface area contributed by atoms with Crippen LogP contribution in [0.2, 0.25) is 13.1 Å². The van der Waals surface area contributed by atoms with E-state index in [0.29, 0.717) is 5.92 Å². The molecule has 2 unspecified atom stereocenters. The summed E-state index contributed by atoms with van der Waals surface area (Å²) in [5.41, 5.74) is 14.8. The zero-order valence-corrected chi connectivity index (χ0v) is 28.5. The zero-order valence-electron chi connectivity index (χ0n) is 23.4. The van der Waals surface area contributed by atoms with Crippen molar-refractivity contribution in [2.75, 3.05) is 0 Å². The van der Waals surface area contributed by atoms with Crippen molar-refractivity contribution in [3.63, 3.8) is 0 Å². The van der Waals surface area contributed by atoms with Crippen molar-refractivity contribution in [2.24, 2.45) is 5.92 Å².